The molecule has 3 aliphatic rings. The SMILES string of the molecule is NC(CN1CCCC1C1CCCC1)(C(=O)O)C1CC1. The first kappa shape index (κ1) is 13.4. The van der Waals surface area contributed by atoms with Crippen molar-refractivity contribution in [2.75, 3.05) is 13.1 Å². The molecule has 0 aromatic rings. The van der Waals surface area contributed by atoms with Gasteiger partial charge in [-0.3, -0.25) is 9.69 Å². The predicted octanol–water partition coefficient (Wildman–Crippen LogP) is 1.83. The Labute approximate surface area is 115 Å². The summed E-state index contributed by atoms with van der Waals surface area (Å²) in [6.07, 6.45) is 9.79. The van der Waals surface area contributed by atoms with E-state index in [1.165, 1.54) is 38.5 Å². The monoisotopic (exact) mass is 266 g/mol. The zero-order valence-electron chi connectivity index (χ0n) is 11.7. The largest absolute Gasteiger partial charge is 0.480 e. The third-order valence-electron chi connectivity index (χ3n) is 5.53. The predicted molar refractivity (Wildman–Crippen MR) is 73.8 cm³/mol. The summed E-state index contributed by atoms with van der Waals surface area (Å²) in [7, 11) is 0. The molecular formula is C15H26N2O2. The van der Waals surface area contributed by atoms with Crippen LogP contribution in [0.1, 0.15) is 51.4 Å². The fourth-order valence-electron chi connectivity index (χ4n) is 4.23. The van der Waals surface area contributed by atoms with E-state index in [4.69, 9.17) is 5.73 Å². The molecule has 108 valence electrons. The molecular weight excluding hydrogens is 240 g/mol. The van der Waals surface area contributed by atoms with Gasteiger partial charge in [-0.05, 0) is 56.9 Å². The Morgan fingerprint density at radius 1 is 1.16 bits per heavy atom. The fourth-order valence-corrected chi connectivity index (χ4v) is 4.23. The van der Waals surface area contributed by atoms with E-state index in [0.717, 1.165) is 25.3 Å². The maximum atomic E-state index is 11.6. The number of nitrogens with zero attached hydrogens (tertiary/aromatic N) is 1. The van der Waals surface area contributed by atoms with E-state index in [2.05, 4.69) is 4.90 Å². The molecule has 1 heterocycles. The van der Waals surface area contributed by atoms with Crippen molar-refractivity contribution in [1.82, 2.24) is 4.90 Å². The fraction of sp³-hybridized carbons (Fsp3) is 0.933. The second kappa shape index (κ2) is 5.06. The minimum Gasteiger partial charge on any atom is -0.480 e. The zero-order chi connectivity index (χ0) is 13.5. The molecule has 3 N–H and O–H groups in total. The van der Waals surface area contributed by atoms with Crippen molar-refractivity contribution in [2.45, 2.75) is 62.9 Å². The number of aliphatic carboxylic acids is 1. The molecule has 0 radical (unpaired) electrons. The van der Waals surface area contributed by atoms with Crippen molar-refractivity contribution in [2.24, 2.45) is 17.6 Å². The average Bonchev–Trinajstić information content (AvgIpc) is 2.92. The van der Waals surface area contributed by atoms with Crippen molar-refractivity contribution in [3.05, 3.63) is 0 Å². The molecule has 2 atom stereocenters. The lowest BCUT2D eigenvalue weighted by atomic mass is 9.91. The van der Waals surface area contributed by atoms with Crippen LogP contribution in [0.5, 0.6) is 0 Å². The minimum absolute atomic E-state index is 0.204. The molecule has 3 rings (SSSR count). The lowest BCUT2D eigenvalue weighted by Crippen LogP contribution is -2.59. The molecule has 2 aliphatic carbocycles. The Kier molecular flexibility index (Phi) is 3.56. The molecule has 3 fully saturated rings. The minimum atomic E-state index is -0.999. The Balaban J connectivity index is 1.68. The molecule has 0 aromatic carbocycles. The van der Waals surface area contributed by atoms with Gasteiger partial charge in [0.2, 0.25) is 0 Å². The number of rotatable bonds is 5. The molecule has 0 spiro atoms. The summed E-state index contributed by atoms with van der Waals surface area (Å²) in [4.78, 5) is 14.0. The summed E-state index contributed by atoms with van der Waals surface area (Å²) in [5.74, 6) is 0.196. The van der Waals surface area contributed by atoms with Crippen LogP contribution in [0.3, 0.4) is 0 Å². The average molecular weight is 266 g/mol. The van der Waals surface area contributed by atoms with Crippen LogP contribution in [0.2, 0.25) is 0 Å². The van der Waals surface area contributed by atoms with Gasteiger partial charge in [-0.25, -0.2) is 0 Å². The smallest absolute Gasteiger partial charge is 0.325 e. The maximum Gasteiger partial charge on any atom is 0.325 e. The Hall–Kier alpha value is -0.610. The van der Waals surface area contributed by atoms with E-state index in [-0.39, 0.29) is 5.92 Å². The highest BCUT2D eigenvalue weighted by molar-refractivity contribution is 5.79. The van der Waals surface area contributed by atoms with Gasteiger partial charge in [-0.15, -0.1) is 0 Å². The van der Waals surface area contributed by atoms with Crippen LogP contribution < -0.4 is 5.73 Å². The molecule has 19 heavy (non-hydrogen) atoms. The summed E-state index contributed by atoms with van der Waals surface area (Å²) in [6, 6.07) is 0.600. The Morgan fingerprint density at radius 2 is 1.84 bits per heavy atom. The van der Waals surface area contributed by atoms with Crippen LogP contribution in [0.25, 0.3) is 0 Å². The summed E-state index contributed by atoms with van der Waals surface area (Å²) in [5, 5.41) is 9.50. The van der Waals surface area contributed by atoms with Gasteiger partial charge in [0.1, 0.15) is 5.54 Å². The molecule has 1 aliphatic heterocycles. The summed E-state index contributed by atoms with van der Waals surface area (Å²) in [6.45, 7) is 1.61. The van der Waals surface area contributed by atoms with E-state index < -0.39 is 11.5 Å². The lowest BCUT2D eigenvalue weighted by Gasteiger charge is -2.35. The van der Waals surface area contributed by atoms with Gasteiger partial charge in [0.05, 0.1) is 0 Å². The first-order valence-electron chi connectivity index (χ1n) is 7.87. The lowest BCUT2D eigenvalue weighted by molar-refractivity contribution is -0.145. The molecule has 4 nitrogen and oxygen atoms in total. The van der Waals surface area contributed by atoms with Crippen LogP contribution >= 0.6 is 0 Å². The van der Waals surface area contributed by atoms with Crippen LogP contribution in [-0.2, 0) is 4.79 Å². The Bertz CT molecular complexity index is 350. The number of nitrogens with two attached hydrogens (primary N) is 1. The molecule has 2 saturated carbocycles. The third kappa shape index (κ3) is 2.52. The number of carboxylic acid groups (broad SMARTS) is 1. The number of likely N-dealkylation sites (tertiary alicyclic amines) is 1. The van der Waals surface area contributed by atoms with Crippen LogP contribution in [0.4, 0.5) is 0 Å². The quantitative estimate of drug-likeness (QED) is 0.796. The van der Waals surface area contributed by atoms with Gasteiger partial charge in [0.15, 0.2) is 0 Å². The Morgan fingerprint density at radius 3 is 2.42 bits per heavy atom. The van der Waals surface area contributed by atoms with E-state index in [9.17, 15) is 9.90 Å². The number of hydrogen-bond acceptors (Lipinski definition) is 3. The first-order chi connectivity index (χ1) is 9.11. The summed E-state index contributed by atoms with van der Waals surface area (Å²) in [5.41, 5.74) is 5.25. The van der Waals surface area contributed by atoms with Crippen LogP contribution in [0.15, 0.2) is 0 Å². The molecule has 4 heteroatoms. The van der Waals surface area contributed by atoms with E-state index in [0.29, 0.717) is 12.6 Å². The summed E-state index contributed by atoms with van der Waals surface area (Å²) < 4.78 is 0. The first-order valence-corrected chi connectivity index (χ1v) is 7.87. The van der Waals surface area contributed by atoms with Crippen molar-refractivity contribution in [1.29, 1.82) is 0 Å². The third-order valence-corrected chi connectivity index (χ3v) is 5.53. The topological polar surface area (TPSA) is 66.6 Å². The van der Waals surface area contributed by atoms with Crippen molar-refractivity contribution < 1.29 is 9.90 Å². The zero-order valence-corrected chi connectivity index (χ0v) is 11.7. The highest BCUT2D eigenvalue weighted by atomic mass is 16.4. The number of carboxylic acids is 1. The highest BCUT2D eigenvalue weighted by Gasteiger charge is 2.50. The number of carbonyl (C=O) groups is 1. The number of hydrogen-bond donors (Lipinski definition) is 2. The van der Waals surface area contributed by atoms with Gasteiger partial charge in [-0.1, -0.05) is 12.8 Å². The molecule has 0 bridgehead atoms. The van der Waals surface area contributed by atoms with Crippen molar-refractivity contribution in [3.8, 4) is 0 Å². The highest BCUT2D eigenvalue weighted by Crippen LogP contribution is 2.41. The van der Waals surface area contributed by atoms with Crippen LogP contribution in [0, 0.1) is 11.8 Å². The maximum absolute atomic E-state index is 11.6. The second-order valence-corrected chi connectivity index (χ2v) is 6.84. The van der Waals surface area contributed by atoms with Gasteiger partial charge in [-0.2, -0.15) is 0 Å². The van der Waals surface area contributed by atoms with E-state index >= 15 is 0 Å². The van der Waals surface area contributed by atoms with E-state index in [1.807, 2.05) is 0 Å². The summed E-state index contributed by atoms with van der Waals surface area (Å²) >= 11 is 0. The van der Waals surface area contributed by atoms with E-state index in [1.54, 1.807) is 0 Å². The molecule has 0 amide bonds. The second-order valence-electron chi connectivity index (χ2n) is 6.84. The molecule has 1 saturated heterocycles. The van der Waals surface area contributed by atoms with Crippen molar-refractivity contribution >= 4 is 5.97 Å². The van der Waals surface area contributed by atoms with Gasteiger partial charge in [0.25, 0.3) is 0 Å². The molecule has 0 aromatic heterocycles. The standard InChI is InChI=1S/C15H26N2O2/c16-15(14(18)19,12-7-8-12)10-17-9-3-6-13(17)11-4-1-2-5-11/h11-13H,1-10,16H2,(H,18,19). The van der Waals surface area contributed by atoms with Gasteiger partial charge < -0.3 is 10.8 Å². The van der Waals surface area contributed by atoms with Gasteiger partial charge >= 0.3 is 5.97 Å². The van der Waals surface area contributed by atoms with Crippen molar-refractivity contribution in [3.63, 3.8) is 0 Å². The van der Waals surface area contributed by atoms with Gasteiger partial charge in [0, 0.05) is 12.6 Å². The molecule has 2 unspecified atom stereocenters. The normalized spacial score (nSPS) is 32.6. The van der Waals surface area contributed by atoms with Crippen LogP contribution in [-0.4, -0.2) is 40.6 Å².